The Morgan fingerprint density at radius 2 is 1.28 bits per heavy atom. The maximum Gasteiger partial charge on any atom is 0.339 e. The zero-order chi connectivity index (χ0) is 38.4. The number of hydrogen-bond donors (Lipinski definition) is 5. The first-order valence-electron chi connectivity index (χ1n) is 17.0. The smallest absolute Gasteiger partial charge is 0.339 e. The minimum absolute atomic E-state index is 0.0346. The molecule has 2 aromatic heterocycles. The van der Waals surface area contributed by atoms with Gasteiger partial charge in [0.1, 0.15) is 26.9 Å². The molecule has 1 aliphatic carbocycles. The fraction of sp³-hybridized carbons (Fsp3) is 0.231. The van der Waals surface area contributed by atoms with Crippen LogP contribution in [0.4, 0.5) is 19.2 Å². The molecule has 280 valence electrons. The highest BCUT2D eigenvalue weighted by atomic mass is 35.5. The van der Waals surface area contributed by atoms with Crippen LogP contribution in [0.5, 0.6) is 0 Å². The average Bonchev–Trinajstić information content (AvgIpc) is 3.90. The minimum Gasteiger partial charge on any atom is -0.478 e. The SMILES string of the molecule is O=C(NCC1CCCCC1)Nc1scc(-c2ccc(Cl)cc2)c1C(=O)O.O=C(O)c1c(-c2ccc(Cl)cc2)csc1NC(=O)C1Cc2c(F)cccc2S1. The molecule has 3 heterocycles. The fourth-order valence-electron chi connectivity index (χ4n) is 6.35. The molecule has 15 heteroatoms. The second kappa shape index (κ2) is 17.8. The van der Waals surface area contributed by atoms with Gasteiger partial charge in [-0.25, -0.2) is 18.8 Å². The van der Waals surface area contributed by atoms with Crippen molar-refractivity contribution in [2.24, 2.45) is 5.92 Å². The lowest BCUT2D eigenvalue weighted by Gasteiger charge is -2.21. The van der Waals surface area contributed by atoms with Crippen molar-refractivity contribution in [1.29, 1.82) is 0 Å². The molecule has 0 spiro atoms. The summed E-state index contributed by atoms with van der Waals surface area (Å²) in [5.74, 6) is -2.35. The van der Waals surface area contributed by atoms with Gasteiger partial charge in [-0.2, -0.15) is 0 Å². The van der Waals surface area contributed by atoms with Gasteiger partial charge < -0.3 is 20.8 Å². The maximum atomic E-state index is 13.9. The molecular formula is C39H34Cl2FN3O6S3. The van der Waals surface area contributed by atoms with Crippen LogP contribution in [0, 0.1) is 11.7 Å². The van der Waals surface area contributed by atoms with Gasteiger partial charge in [-0.05, 0) is 72.7 Å². The van der Waals surface area contributed by atoms with Crippen LogP contribution in [-0.2, 0) is 11.2 Å². The third-order valence-electron chi connectivity index (χ3n) is 9.09. The van der Waals surface area contributed by atoms with E-state index in [1.54, 1.807) is 71.4 Å². The summed E-state index contributed by atoms with van der Waals surface area (Å²) in [4.78, 5) is 49.2. The molecule has 5 N–H and O–H groups in total. The van der Waals surface area contributed by atoms with E-state index >= 15 is 0 Å². The van der Waals surface area contributed by atoms with Gasteiger partial charge in [0.25, 0.3) is 0 Å². The third kappa shape index (κ3) is 9.45. The highest BCUT2D eigenvalue weighted by Gasteiger charge is 2.32. The Labute approximate surface area is 332 Å². The number of rotatable bonds is 9. The molecule has 1 saturated carbocycles. The monoisotopic (exact) mass is 825 g/mol. The van der Waals surface area contributed by atoms with Gasteiger partial charge in [0.15, 0.2) is 0 Å². The number of carboxylic acid groups (broad SMARTS) is 2. The largest absolute Gasteiger partial charge is 0.478 e. The van der Waals surface area contributed by atoms with Gasteiger partial charge >= 0.3 is 18.0 Å². The first-order chi connectivity index (χ1) is 26.0. The maximum absolute atomic E-state index is 13.9. The van der Waals surface area contributed by atoms with Crippen LogP contribution in [-0.4, -0.2) is 45.9 Å². The number of thioether (sulfide) groups is 1. The molecule has 0 bridgehead atoms. The van der Waals surface area contributed by atoms with Crippen LogP contribution in [0.3, 0.4) is 0 Å². The van der Waals surface area contributed by atoms with Crippen molar-refractivity contribution in [2.45, 2.75) is 48.7 Å². The number of amides is 3. The van der Waals surface area contributed by atoms with Crippen molar-refractivity contribution in [3.05, 3.63) is 110 Å². The number of aromatic carboxylic acids is 2. The number of carbonyl (C=O) groups is 4. The summed E-state index contributed by atoms with van der Waals surface area (Å²) >= 11 is 15.4. The molecular weight excluding hydrogens is 793 g/mol. The molecule has 1 aliphatic heterocycles. The summed E-state index contributed by atoms with van der Waals surface area (Å²) < 4.78 is 13.9. The highest BCUT2D eigenvalue weighted by Crippen LogP contribution is 2.41. The number of fused-ring (bicyclic) bond motifs is 1. The Morgan fingerprint density at radius 1 is 0.741 bits per heavy atom. The normalized spacial score (nSPS) is 15.1. The quantitative estimate of drug-likeness (QED) is 0.0995. The summed E-state index contributed by atoms with van der Waals surface area (Å²) in [6, 6.07) is 18.2. The number of halogens is 3. The Kier molecular flexibility index (Phi) is 13.0. The molecule has 1 atom stereocenters. The second-order valence-electron chi connectivity index (χ2n) is 12.7. The molecule has 0 radical (unpaired) electrons. The Balaban J connectivity index is 0.000000185. The van der Waals surface area contributed by atoms with Crippen molar-refractivity contribution in [1.82, 2.24) is 5.32 Å². The summed E-state index contributed by atoms with van der Waals surface area (Å²) in [5.41, 5.74) is 3.19. The van der Waals surface area contributed by atoms with E-state index in [4.69, 9.17) is 23.2 Å². The highest BCUT2D eigenvalue weighted by molar-refractivity contribution is 8.01. The van der Waals surface area contributed by atoms with E-state index in [2.05, 4.69) is 16.0 Å². The molecule has 3 aromatic carbocycles. The Hall–Kier alpha value is -4.40. The van der Waals surface area contributed by atoms with Crippen LogP contribution in [0.15, 0.2) is 82.4 Å². The number of nitrogens with one attached hydrogen (secondary N) is 3. The summed E-state index contributed by atoms with van der Waals surface area (Å²) in [6.07, 6.45) is 6.25. The van der Waals surface area contributed by atoms with Crippen LogP contribution >= 0.6 is 57.6 Å². The van der Waals surface area contributed by atoms with Crippen molar-refractivity contribution < 1.29 is 33.8 Å². The number of thiophene rings is 2. The molecule has 7 rings (SSSR count). The van der Waals surface area contributed by atoms with E-state index in [1.807, 2.05) is 0 Å². The Bertz CT molecular complexity index is 2170. The van der Waals surface area contributed by atoms with Crippen LogP contribution in [0.2, 0.25) is 10.0 Å². The number of carboxylic acids is 2. The van der Waals surface area contributed by atoms with Crippen molar-refractivity contribution in [3.63, 3.8) is 0 Å². The lowest BCUT2D eigenvalue weighted by molar-refractivity contribution is -0.115. The van der Waals surface area contributed by atoms with Gasteiger partial charge in [0, 0.05) is 48.9 Å². The van der Waals surface area contributed by atoms with E-state index in [1.165, 1.54) is 48.4 Å². The molecule has 3 amide bonds. The van der Waals surface area contributed by atoms with Crippen LogP contribution < -0.4 is 16.0 Å². The van der Waals surface area contributed by atoms with E-state index in [0.29, 0.717) is 49.8 Å². The van der Waals surface area contributed by atoms with E-state index in [0.717, 1.165) is 34.6 Å². The standard InChI is InChI=1S/C20H13ClFNO3S2.C19H21ClN2O3S/c21-11-6-4-10(5-7-11)13-9-27-19(17(13)20(25)26)23-18(24)16-8-12-14(22)2-1-3-15(12)28-16;20-14-8-6-13(7-9-14)15-11-26-17(16(15)18(23)24)22-19(25)21-10-12-4-2-1-3-5-12/h1-7,9,16H,8H2,(H,23,24)(H,25,26);6-9,11-12H,1-5,10H2,(H,23,24)(H2,21,22,25). The average molecular weight is 827 g/mol. The number of hydrogen-bond acceptors (Lipinski definition) is 7. The molecule has 54 heavy (non-hydrogen) atoms. The number of carbonyl (C=O) groups excluding carboxylic acids is 2. The van der Waals surface area contributed by atoms with Gasteiger partial charge in [-0.1, -0.05) is 72.8 Å². The van der Waals surface area contributed by atoms with E-state index in [9.17, 15) is 33.8 Å². The van der Waals surface area contributed by atoms with Gasteiger partial charge in [-0.15, -0.1) is 34.4 Å². The van der Waals surface area contributed by atoms with Crippen LogP contribution in [0.25, 0.3) is 22.3 Å². The molecule has 9 nitrogen and oxygen atoms in total. The molecule has 2 aliphatic rings. The summed E-state index contributed by atoms with van der Waals surface area (Å²) in [5, 5.41) is 32.2. The number of urea groups is 1. The fourth-order valence-corrected chi connectivity index (χ4v) is 9.73. The van der Waals surface area contributed by atoms with Gasteiger partial charge in [-0.3, -0.25) is 10.1 Å². The van der Waals surface area contributed by atoms with Crippen LogP contribution in [0.1, 0.15) is 58.4 Å². The predicted molar refractivity (Wildman–Crippen MR) is 215 cm³/mol. The van der Waals surface area contributed by atoms with E-state index in [-0.39, 0.29) is 40.3 Å². The van der Waals surface area contributed by atoms with Gasteiger partial charge in [0.05, 0.1) is 5.25 Å². The number of benzene rings is 3. The minimum atomic E-state index is -1.13. The Morgan fingerprint density at radius 3 is 1.80 bits per heavy atom. The van der Waals surface area contributed by atoms with Crippen molar-refractivity contribution in [3.8, 4) is 22.3 Å². The summed E-state index contributed by atoms with van der Waals surface area (Å²) in [6.45, 7) is 0.629. The predicted octanol–water partition coefficient (Wildman–Crippen LogP) is 11.0. The topological polar surface area (TPSA) is 145 Å². The molecule has 1 unspecified atom stereocenters. The molecule has 0 saturated heterocycles. The van der Waals surface area contributed by atoms with Crippen molar-refractivity contribution >= 4 is 91.5 Å². The zero-order valence-corrected chi connectivity index (χ0v) is 32.5. The molecule has 5 aromatic rings. The molecule has 1 fully saturated rings. The van der Waals surface area contributed by atoms with Crippen molar-refractivity contribution in [2.75, 3.05) is 17.2 Å². The first kappa shape index (κ1) is 39.3. The number of anilines is 2. The first-order valence-corrected chi connectivity index (χ1v) is 20.4. The third-order valence-corrected chi connectivity index (χ3v) is 12.7. The lowest BCUT2D eigenvalue weighted by atomic mass is 9.89. The second-order valence-corrected chi connectivity index (χ2v) is 16.6. The summed E-state index contributed by atoms with van der Waals surface area (Å²) in [7, 11) is 0. The van der Waals surface area contributed by atoms with Gasteiger partial charge in [0.2, 0.25) is 5.91 Å². The zero-order valence-electron chi connectivity index (χ0n) is 28.5. The lowest BCUT2D eigenvalue weighted by Crippen LogP contribution is -2.33. The van der Waals surface area contributed by atoms with E-state index < -0.39 is 17.2 Å².